The molecule has 3 saturated heterocycles. The number of likely N-dealkylation sites (tertiary alicyclic amines) is 1. The maximum Gasteiger partial charge on any atom is 0.410 e. The molecule has 3 aromatic rings. The normalized spacial score (nSPS) is 24.1. The summed E-state index contributed by atoms with van der Waals surface area (Å²) in [6.07, 6.45) is 3.66. The average molecular weight is 589 g/mol. The second-order valence-corrected chi connectivity index (χ2v) is 13.1. The third-order valence-electron chi connectivity index (χ3n) is 9.21. The highest BCUT2D eigenvalue weighted by molar-refractivity contribution is 6.00. The first kappa shape index (κ1) is 29.0. The van der Waals surface area contributed by atoms with Gasteiger partial charge in [-0.15, -0.1) is 0 Å². The monoisotopic (exact) mass is 588 g/mol. The average Bonchev–Trinajstić information content (AvgIpc) is 3.39. The van der Waals surface area contributed by atoms with Crippen LogP contribution in [0.1, 0.15) is 82.4 Å². The maximum absolute atomic E-state index is 13.8. The van der Waals surface area contributed by atoms with E-state index in [9.17, 15) is 19.2 Å². The van der Waals surface area contributed by atoms with E-state index in [1.165, 1.54) is 4.90 Å². The summed E-state index contributed by atoms with van der Waals surface area (Å²) in [6, 6.07) is 12.6. The van der Waals surface area contributed by atoms with Crippen LogP contribution in [0.2, 0.25) is 0 Å². The van der Waals surface area contributed by atoms with Crippen LogP contribution in [0, 0.1) is 0 Å². The Kier molecular flexibility index (Phi) is 7.34. The molecule has 2 aromatic carbocycles. The second-order valence-electron chi connectivity index (χ2n) is 13.1. The molecule has 0 spiro atoms. The van der Waals surface area contributed by atoms with Crippen molar-refractivity contribution in [2.45, 2.75) is 95.5 Å². The van der Waals surface area contributed by atoms with Crippen LogP contribution in [0.4, 0.5) is 4.79 Å². The Hall–Kier alpha value is -4.08. The molecule has 0 radical (unpaired) electrons. The number of amides is 3. The second kappa shape index (κ2) is 10.9. The number of imide groups is 1. The van der Waals surface area contributed by atoms with Crippen molar-refractivity contribution in [3.63, 3.8) is 0 Å². The molecule has 3 atom stereocenters. The van der Waals surface area contributed by atoms with Gasteiger partial charge in [0.2, 0.25) is 5.91 Å². The summed E-state index contributed by atoms with van der Waals surface area (Å²) in [5, 5.41) is 0. The number of para-hydroxylation sites is 1. The van der Waals surface area contributed by atoms with Crippen LogP contribution < -0.4 is 10.4 Å². The Balaban J connectivity index is 1.29. The molecule has 0 aliphatic carbocycles. The summed E-state index contributed by atoms with van der Waals surface area (Å²) in [6.45, 7) is 5.80. The summed E-state index contributed by atoms with van der Waals surface area (Å²) < 4.78 is 14.2. The number of methoxy groups -OCH3 is 1. The molecular weight excluding hydrogens is 548 g/mol. The number of carbonyl (C=O) groups is 3. The number of fused-ring (bicyclic) bond motifs is 3. The van der Waals surface area contributed by atoms with Gasteiger partial charge in [0.1, 0.15) is 17.4 Å². The highest BCUT2D eigenvalue weighted by atomic mass is 16.6. The van der Waals surface area contributed by atoms with Gasteiger partial charge in [0, 0.05) is 25.6 Å². The number of benzene rings is 2. The lowest BCUT2D eigenvalue weighted by atomic mass is 9.84. The number of hydrogen-bond donors (Lipinski definition) is 0. The fourth-order valence-corrected chi connectivity index (χ4v) is 7.28. The van der Waals surface area contributed by atoms with Crippen molar-refractivity contribution >= 4 is 28.9 Å². The summed E-state index contributed by atoms with van der Waals surface area (Å²) in [5.41, 5.74) is 2.56. The first-order valence-electron chi connectivity index (χ1n) is 15.1. The highest BCUT2D eigenvalue weighted by Crippen LogP contribution is 2.45. The summed E-state index contributed by atoms with van der Waals surface area (Å²) in [4.78, 5) is 56.7. The Labute approximate surface area is 251 Å². The predicted octanol–water partition coefficient (Wildman–Crippen LogP) is 4.88. The summed E-state index contributed by atoms with van der Waals surface area (Å²) >= 11 is 0. The fraction of sp³-hybridized carbons (Fsp3) is 0.515. The number of imidazole rings is 1. The van der Waals surface area contributed by atoms with E-state index in [1.807, 2.05) is 49.9 Å². The van der Waals surface area contributed by atoms with Gasteiger partial charge in [0.25, 0.3) is 5.91 Å². The zero-order valence-corrected chi connectivity index (χ0v) is 25.5. The van der Waals surface area contributed by atoms with E-state index in [4.69, 9.17) is 9.47 Å². The molecule has 6 rings (SSSR count). The van der Waals surface area contributed by atoms with E-state index < -0.39 is 11.6 Å². The molecule has 3 amide bonds. The highest BCUT2D eigenvalue weighted by Gasteiger charge is 2.46. The Morgan fingerprint density at radius 1 is 0.953 bits per heavy atom. The summed E-state index contributed by atoms with van der Waals surface area (Å²) in [7, 11) is 3.34. The predicted molar refractivity (Wildman–Crippen MR) is 161 cm³/mol. The maximum atomic E-state index is 13.8. The number of carbonyl (C=O) groups excluding carboxylic acids is 3. The van der Waals surface area contributed by atoms with Gasteiger partial charge in [-0.3, -0.25) is 23.6 Å². The number of rotatable bonds is 5. The molecular formula is C33H40N4O6. The van der Waals surface area contributed by atoms with Crippen LogP contribution in [-0.2, 0) is 27.9 Å². The molecule has 228 valence electrons. The first-order chi connectivity index (χ1) is 20.5. The van der Waals surface area contributed by atoms with Crippen LogP contribution in [0.5, 0.6) is 5.75 Å². The van der Waals surface area contributed by atoms with Crippen LogP contribution in [0.25, 0.3) is 11.0 Å². The van der Waals surface area contributed by atoms with Crippen LogP contribution >= 0.6 is 0 Å². The molecule has 0 saturated carbocycles. The van der Waals surface area contributed by atoms with E-state index in [0.29, 0.717) is 11.3 Å². The smallest absolute Gasteiger partial charge is 0.410 e. The molecule has 2 bridgehead atoms. The largest absolute Gasteiger partial charge is 0.497 e. The van der Waals surface area contributed by atoms with Gasteiger partial charge in [-0.05, 0) is 88.1 Å². The van der Waals surface area contributed by atoms with Crippen molar-refractivity contribution < 1.29 is 23.9 Å². The van der Waals surface area contributed by atoms with E-state index >= 15 is 0 Å². The minimum Gasteiger partial charge on any atom is -0.497 e. The summed E-state index contributed by atoms with van der Waals surface area (Å²) in [5.74, 6) is 0.255. The molecule has 0 N–H and O–H groups in total. The van der Waals surface area contributed by atoms with E-state index in [1.54, 1.807) is 35.4 Å². The van der Waals surface area contributed by atoms with E-state index in [0.717, 1.165) is 42.3 Å². The van der Waals surface area contributed by atoms with Crippen molar-refractivity contribution in [3.8, 4) is 5.75 Å². The molecule has 10 heteroatoms. The number of piperidine rings is 2. The van der Waals surface area contributed by atoms with Crippen molar-refractivity contribution in [2.75, 3.05) is 7.11 Å². The van der Waals surface area contributed by atoms with Crippen molar-refractivity contribution in [1.29, 1.82) is 0 Å². The van der Waals surface area contributed by atoms with Gasteiger partial charge >= 0.3 is 11.8 Å². The third-order valence-corrected chi connectivity index (χ3v) is 9.21. The zero-order valence-electron chi connectivity index (χ0n) is 25.5. The quantitative estimate of drug-likeness (QED) is 0.394. The molecule has 43 heavy (non-hydrogen) atoms. The van der Waals surface area contributed by atoms with Gasteiger partial charge in [-0.2, -0.15) is 0 Å². The molecule has 3 aliphatic rings. The molecule has 3 fully saturated rings. The fourth-order valence-electron chi connectivity index (χ4n) is 7.28. The molecule has 3 aliphatic heterocycles. The molecule has 4 heterocycles. The number of hydrogen-bond acceptors (Lipinski definition) is 6. The zero-order chi connectivity index (χ0) is 30.6. The lowest BCUT2D eigenvalue weighted by molar-refractivity contribution is -0.151. The number of aryl methyl sites for hydroxylation is 1. The standard InChI is InChI=1S/C33H40N4O6/c1-33(2,3)43-32(41)36-22-11-12-23(36)18-21(17-22)25-7-6-8-26-29(25)34(4)31(40)37(26)27-15-16-28(38)35(30(27)39)19-20-9-13-24(42-5)14-10-20/h6-10,13-14,21-23,27H,11-12,15-19H2,1-5H3. The Bertz CT molecular complexity index is 1620. The van der Waals surface area contributed by atoms with Crippen LogP contribution in [-0.4, -0.2) is 61.6 Å². The van der Waals surface area contributed by atoms with Crippen molar-refractivity contribution in [2.24, 2.45) is 7.05 Å². The van der Waals surface area contributed by atoms with E-state index in [-0.39, 0.29) is 61.0 Å². The lowest BCUT2D eigenvalue weighted by Crippen LogP contribution is -2.48. The Morgan fingerprint density at radius 2 is 1.63 bits per heavy atom. The van der Waals surface area contributed by atoms with Crippen molar-refractivity contribution in [1.82, 2.24) is 18.9 Å². The van der Waals surface area contributed by atoms with Gasteiger partial charge in [0.15, 0.2) is 0 Å². The Morgan fingerprint density at radius 3 is 2.26 bits per heavy atom. The van der Waals surface area contributed by atoms with Gasteiger partial charge in [-0.25, -0.2) is 9.59 Å². The van der Waals surface area contributed by atoms with Crippen LogP contribution in [0.15, 0.2) is 47.3 Å². The number of ether oxygens (including phenoxy) is 2. The van der Waals surface area contributed by atoms with E-state index in [2.05, 4.69) is 6.07 Å². The van der Waals surface area contributed by atoms with Gasteiger partial charge in [0.05, 0.1) is 24.7 Å². The van der Waals surface area contributed by atoms with Gasteiger partial charge < -0.3 is 14.4 Å². The first-order valence-corrected chi connectivity index (χ1v) is 15.1. The molecule has 3 unspecified atom stereocenters. The molecule has 1 aromatic heterocycles. The lowest BCUT2D eigenvalue weighted by Gasteiger charge is -2.39. The van der Waals surface area contributed by atoms with Gasteiger partial charge in [-0.1, -0.05) is 24.3 Å². The minimum atomic E-state index is -0.771. The number of aromatic nitrogens is 2. The topological polar surface area (TPSA) is 103 Å². The minimum absolute atomic E-state index is 0.0883. The molecule has 10 nitrogen and oxygen atoms in total. The van der Waals surface area contributed by atoms with Crippen molar-refractivity contribution in [3.05, 3.63) is 64.1 Å². The number of nitrogens with zero attached hydrogens (tertiary/aromatic N) is 4. The third kappa shape index (κ3) is 5.21. The SMILES string of the molecule is COc1ccc(CN2C(=O)CCC(n3c(=O)n(C)c4c(C5CC6CCC(C5)N6C(=O)OC(C)(C)C)cccc43)C2=O)cc1. The van der Waals surface area contributed by atoms with Crippen LogP contribution in [0.3, 0.4) is 0 Å².